The third kappa shape index (κ3) is 3.60. The van der Waals surface area contributed by atoms with E-state index in [1.54, 1.807) is 18.7 Å². The fraction of sp³-hybridized carbons (Fsp3) is 0.643. The lowest BCUT2D eigenvalue weighted by Gasteiger charge is -2.30. The van der Waals surface area contributed by atoms with E-state index < -0.39 is 0 Å². The number of nitrogens with two attached hydrogens (primary N) is 1. The van der Waals surface area contributed by atoms with E-state index in [1.165, 1.54) is 6.26 Å². The number of carbonyl (C=O) groups excluding carboxylic acids is 2. The molecule has 0 bridgehead atoms. The number of hydrogen-bond donors (Lipinski definition) is 1. The Kier molecular flexibility index (Phi) is 4.95. The van der Waals surface area contributed by atoms with Gasteiger partial charge in [-0.3, -0.25) is 9.59 Å². The number of oxazole rings is 1. The number of carbonyl (C=O) groups is 2. The van der Waals surface area contributed by atoms with Crippen molar-refractivity contribution in [3.8, 4) is 0 Å². The van der Waals surface area contributed by atoms with Crippen molar-refractivity contribution in [3.05, 3.63) is 17.8 Å². The van der Waals surface area contributed by atoms with Gasteiger partial charge in [-0.2, -0.15) is 0 Å². The number of piperidine rings is 1. The summed E-state index contributed by atoms with van der Waals surface area (Å²) in [5.41, 5.74) is 5.91. The van der Waals surface area contributed by atoms with Crippen molar-refractivity contribution in [2.45, 2.75) is 32.7 Å². The van der Waals surface area contributed by atoms with Gasteiger partial charge in [-0.1, -0.05) is 0 Å². The van der Waals surface area contributed by atoms with E-state index >= 15 is 0 Å². The average Bonchev–Trinajstić information content (AvgIpc) is 2.97. The van der Waals surface area contributed by atoms with E-state index in [4.69, 9.17) is 14.9 Å². The molecule has 116 valence electrons. The lowest BCUT2D eigenvalue weighted by molar-refractivity contribution is -0.149. The first-order valence-corrected chi connectivity index (χ1v) is 7.19. The van der Waals surface area contributed by atoms with E-state index in [0.29, 0.717) is 38.4 Å². The Bertz CT molecular complexity index is 504. The molecule has 0 spiro atoms. The lowest BCUT2D eigenvalue weighted by atomic mass is 9.97. The Balaban J connectivity index is 1.92. The summed E-state index contributed by atoms with van der Waals surface area (Å²) in [4.78, 5) is 29.7. The van der Waals surface area contributed by atoms with Crippen LogP contribution in [0.1, 0.15) is 49.1 Å². The van der Waals surface area contributed by atoms with Gasteiger partial charge < -0.3 is 19.8 Å². The van der Waals surface area contributed by atoms with Crippen molar-refractivity contribution in [1.82, 2.24) is 9.88 Å². The standard InChI is InChI=1S/C14H21N3O4/c1-3-20-14(19)10-4-6-17(7-5-10)13(18)11-8-21-12(16-11)9(2)15/h8-10H,3-7,15H2,1-2H3. The van der Waals surface area contributed by atoms with Crippen molar-refractivity contribution in [2.75, 3.05) is 19.7 Å². The summed E-state index contributed by atoms with van der Waals surface area (Å²) in [5, 5.41) is 0. The molecule has 1 saturated heterocycles. The fourth-order valence-corrected chi connectivity index (χ4v) is 2.34. The summed E-state index contributed by atoms with van der Waals surface area (Å²) in [6, 6.07) is -0.346. The van der Waals surface area contributed by atoms with Crippen LogP contribution in [-0.2, 0) is 9.53 Å². The highest BCUT2D eigenvalue weighted by Crippen LogP contribution is 2.20. The lowest BCUT2D eigenvalue weighted by Crippen LogP contribution is -2.40. The van der Waals surface area contributed by atoms with E-state index in [9.17, 15) is 9.59 Å². The highest BCUT2D eigenvalue weighted by molar-refractivity contribution is 5.92. The monoisotopic (exact) mass is 295 g/mol. The molecular formula is C14H21N3O4. The van der Waals surface area contributed by atoms with Crippen LogP contribution in [0.15, 0.2) is 10.7 Å². The van der Waals surface area contributed by atoms with Gasteiger partial charge in [0.2, 0.25) is 5.89 Å². The summed E-state index contributed by atoms with van der Waals surface area (Å²) in [5.74, 6) is -0.135. The van der Waals surface area contributed by atoms with Gasteiger partial charge in [0.25, 0.3) is 5.91 Å². The number of likely N-dealkylation sites (tertiary alicyclic amines) is 1. The van der Waals surface area contributed by atoms with Crippen molar-refractivity contribution in [2.24, 2.45) is 11.7 Å². The molecule has 0 saturated carbocycles. The van der Waals surface area contributed by atoms with E-state index in [2.05, 4.69) is 4.98 Å². The van der Waals surface area contributed by atoms with Crippen LogP contribution in [0.25, 0.3) is 0 Å². The first kappa shape index (κ1) is 15.5. The largest absolute Gasteiger partial charge is 0.466 e. The molecule has 1 fully saturated rings. The molecule has 0 aliphatic carbocycles. The van der Waals surface area contributed by atoms with Crippen molar-refractivity contribution in [3.63, 3.8) is 0 Å². The summed E-state index contributed by atoms with van der Waals surface area (Å²) < 4.78 is 10.2. The van der Waals surface area contributed by atoms with Gasteiger partial charge in [0, 0.05) is 13.1 Å². The first-order chi connectivity index (χ1) is 10.0. The second-order valence-corrected chi connectivity index (χ2v) is 5.18. The molecule has 2 N–H and O–H groups in total. The summed E-state index contributed by atoms with van der Waals surface area (Å²) in [7, 11) is 0. The fourth-order valence-electron chi connectivity index (χ4n) is 2.34. The maximum absolute atomic E-state index is 12.3. The Hall–Kier alpha value is -1.89. The second kappa shape index (κ2) is 6.71. The average molecular weight is 295 g/mol. The minimum Gasteiger partial charge on any atom is -0.466 e. The third-order valence-corrected chi connectivity index (χ3v) is 3.53. The zero-order valence-corrected chi connectivity index (χ0v) is 12.4. The van der Waals surface area contributed by atoms with Crippen LogP contribution in [0.4, 0.5) is 0 Å². The molecule has 0 radical (unpaired) electrons. The first-order valence-electron chi connectivity index (χ1n) is 7.19. The van der Waals surface area contributed by atoms with Crippen molar-refractivity contribution >= 4 is 11.9 Å². The Morgan fingerprint density at radius 3 is 2.71 bits per heavy atom. The van der Waals surface area contributed by atoms with Crippen LogP contribution in [0.3, 0.4) is 0 Å². The molecule has 1 aliphatic rings. The number of aromatic nitrogens is 1. The predicted molar refractivity (Wildman–Crippen MR) is 74.4 cm³/mol. The Labute approximate surface area is 123 Å². The molecule has 1 aromatic heterocycles. The molecular weight excluding hydrogens is 274 g/mol. The van der Waals surface area contributed by atoms with Crippen LogP contribution < -0.4 is 5.73 Å². The van der Waals surface area contributed by atoms with Gasteiger partial charge in [-0.05, 0) is 26.7 Å². The number of nitrogens with zero attached hydrogens (tertiary/aromatic N) is 2. The molecule has 21 heavy (non-hydrogen) atoms. The zero-order valence-electron chi connectivity index (χ0n) is 12.4. The maximum atomic E-state index is 12.3. The minimum atomic E-state index is -0.346. The van der Waals surface area contributed by atoms with Crippen LogP contribution in [-0.4, -0.2) is 41.5 Å². The number of esters is 1. The molecule has 7 heteroatoms. The molecule has 1 unspecified atom stereocenters. The predicted octanol–water partition coefficient (Wildman–Crippen LogP) is 1.11. The van der Waals surface area contributed by atoms with Crippen molar-refractivity contribution < 1.29 is 18.7 Å². The minimum absolute atomic E-state index is 0.120. The summed E-state index contributed by atoms with van der Waals surface area (Å²) in [6.07, 6.45) is 2.56. The number of amides is 1. The van der Waals surface area contributed by atoms with Crippen LogP contribution in [0.2, 0.25) is 0 Å². The molecule has 1 aliphatic heterocycles. The molecule has 0 aromatic carbocycles. The molecule has 1 amide bonds. The third-order valence-electron chi connectivity index (χ3n) is 3.53. The Morgan fingerprint density at radius 1 is 1.52 bits per heavy atom. The topological polar surface area (TPSA) is 98.7 Å². The SMILES string of the molecule is CCOC(=O)C1CCN(C(=O)c2coc(C(C)N)n2)CC1. The molecule has 1 atom stereocenters. The van der Waals surface area contributed by atoms with Crippen LogP contribution in [0.5, 0.6) is 0 Å². The highest BCUT2D eigenvalue weighted by Gasteiger charge is 2.29. The van der Waals surface area contributed by atoms with Crippen LogP contribution >= 0.6 is 0 Å². The number of rotatable bonds is 4. The van der Waals surface area contributed by atoms with Gasteiger partial charge in [0.1, 0.15) is 6.26 Å². The Morgan fingerprint density at radius 2 is 2.19 bits per heavy atom. The molecule has 2 heterocycles. The molecule has 1 aromatic rings. The second-order valence-electron chi connectivity index (χ2n) is 5.18. The number of hydrogen-bond acceptors (Lipinski definition) is 6. The van der Waals surface area contributed by atoms with Crippen LogP contribution in [0, 0.1) is 5.92 Å². The quantitative estimate of drug-likeness (QED) is 0.835. The normalized spacial score (nSPS) is 17.6. The maximum Gasteiger partial charge on any atom is 0.309 e. The summed E-state index contributed by atoms with van der Waals surface area (Å²) >= 11 is 0. The van der Waals surface area contributed by atoms with E-state index in [-0.39, 0.29) is 29.5 Å². The molecule has 2 rings (SSSR count). The molecule has 7 nitrogen and oxygen atoms in total. The van der Waals surface area contributed by atoms with Gasteiger partial charge in [0.15, 0.2) is 5.69 Å². The number of ether oxygens (including phenoxy) is 1. The van der Waals surface area contributed by atoms with Gasteiger partial charge >= 0.3 is 5.97 Å². The van der Waals surface area contributed by atoms with Gasteiger partial charge in [-0.25, -0.2) is 4.98 Å². The smallest absolute Gasteiger partial charge is 0.309 e. The summed E-state index contributed by atoms with van der Waals surface area (Å²) in [6.45, 7) is 4.95. The van der Waals surface area contributed by atoms with Crippen molar-refractivity contribution in [1.29, 1.82) is 0 Å². The highest BCUT2D eigenvalue weighted by atomic mass is 16.5. The van der Waals surface area contributed by atoms with Gasteiger partial charge in [-0.15, -0.1) is 0 Å². The van der Waals surface area contributed by atoms with E-state index in [1.807, 2.05) is 0 Å². The zero-order chi connectivity index (χ0) is 15.4. The van der Waals surface area contributed by atoms with Gasteiger partial charge in [0.05, 0.1) is 18.6 Å². The van der Waals surface area contributed by atoms with E-state index in [0.717, 1.165) is 0 Å².